The number of hydrogen-bond acceptors (Lipinski definition) is 5. The van der Waals surface area contributed by atoms with Gasteiger partial charge < -0.3 is 16.8 Å². The van der Waals surface area contributed by atoms with Gasteiger partial charge in [-0.1, -0.05) is 13.8 Å². The van der Waals surface area contributed by atoms with E-state index >= 15 is 0 Å². The summed E-state index contributed by atoms with van der Waals surface area (Å²) in [5.74, 6) is -0.462. The van der Waals surface area contributed by atoms with Gasteiger partial charge in [0, 0.05) is 13.6 Å². The molecule has 0 unspecified atom stereocenters. The Morgan fingerprint density at radius 2 is 1.86 bits per heavy atom. The summed E-state index contributed by atoms with van der Waals surface area (Å²) >= 11 is 0. The van der Waals surface area contributed by atoms with Crippen molar-refractivity contribution in [2.45, 2.75) is 39.8 Å². The van der Waals surface area contributed by atoms with Crippen molar-refractivity contribution in [3.8, 4) is 0 Å². The summed E-state index contributed by atoms with van der Waals surface area (Å²) in [6, 6.07) is 0. The molecule has 1 aromatic rings. The molecule has 0 spiro atoms. The van der Waals surface area contributed by atoms with Gasteiger partial charge in [0.25, 0.3) is 5.56 Å². The van der Waals surface area contributed by atoms with Gasteiger partial charge in [0.15, 0.2) is 0 Å². The van der Waals surface area contributed by atoms with Gasteiger partial charge in [-0.15, -0.1) is 0 Å². The SMILES string of the molecule is CC(C)Cn1c(N)c(NC(C)(C)C(N)=O)c(=O)n(C)c1=O. The molecule has 21 heavy (non-hydrogen) atoms. The largest absolute Gasteiger partial charge is 0.383 e. The fourth-order valence-corrected chi connectivity index (χ4v) is 1.82. The van der Waals surface area contributed by atoms with E-state index in [4.69, 9.17) is 11.5 Å². The van der Waals surface area contributed by atoms with Gasteiger partial charge in [-0.3, -0.25) is 18.7 Å². The molecule has 0 bridgehead atoms. The predicted molar refractivity (Wildman–Crippen MR) is 82.1 cm³/mol. The number of aromatic nitrogens is 2. The second-order valence-electron chi connectivity index (χ2n) is 6.03. The van der Waals surface area contributed by atoms with E-state index in [1.54, 1.807) is 0 Å². The minimum Gasteiger partial charge on any atom is -0.383 e. The van der Waals surface area contributed by atoms with Gasteiger partial charge in [0.1, 0.15) is 17.0 Å². The Morgan fingerprint density at radius 1 is 1.33 bits per heavy atom. The lowest BCUT2D eigenvalue weighted by atomic mass is 10.0. The third kappa shape index (κ3) is 3.26. The fraction of sp³-hybridized carbons (Fsp3) is 0.615. The van der Waals surface area contributed by atoms with Crippen molar-refractivity contribution in [3.63, 3.8) is 0 Å². The van der Waals surface area contributed by atoms with Crippen LogP contribution < -0.4 is 28.0 Å². The lowest BCUT2D eigenvalue weighted by molar-refractivity contribution is -0.121. The molecular weight excluding hydrogens is 274 g/mol. The van der Waals surface area contributed by atoms with E-state index in [0.717, 1.165) is 4.57 Å². The molecule has 118 valence electrons. The van der Waals surface area contributed by atoms with Gasteiger partial charge in [-0.25, -0.2) is 4.79 Å². The van der Waals surface area contributed by atoms with E-state index < -0.39 is 22.7 Å². The zero-order valence-corrected chi connectivity index (χ0v) is 13.1. The highest BCUT2D eigenvalue weighted by atomic mass is 16.2. The number of nitrogen functional groups attached to an aromatic ring is 1. The van der Waals surface area contributed by atoms with Crippen LogP contribution in [0.5, 0.6) is 0 Å². The van der Waals surface area contributed by atoms with Crippen LogP contribution in [0.4, 0.5) is 11.5 Å². The number of primary amides is 1. The smallest absolute Gasteiger partial charge is 0.332 e. The second kappa shape index (κ2) is 5.63. The van der Waals surface area contributed by atoms with E-state index in [-0.39, 0.29) is 17.4 Å². The molecule has 8 heteroatoms. The van der Waals surface area contributed by atoms with Crippen molar-refractivity contribution < 1.29 is 4.79 Å². The van der Waals surface area contributed by atoms with Crippen molar-refractivity contribution in [1.29, 1.82) is 0 Å². The second-order valence-corrected chi connectivity index (χ2v) is 6.03. The number of nitrogens with two attached hydrogens (primary N) is 2. The van der Waals surface area contributed by atoms with E-state index in [9.17, 15) is 14.4 Å². The number of amides is 1. The Kier molecular flexibility index (Phi) is 4.50. The van der Waals surface area contributed by atoms with Crippen LogP contribution in [0, 0.1) is 5.92 Å². The van der Waals surface area contributed by atoms with Crippen LogP contribution in [0.2, 0.25) is 0 Å². The molecule has 0 saturated heterocycles. The highest BCUT2D eigenvalue weighted by Crippen LogP contribution is 2.17. The minimum absolute atomic E-state index is 0.00144. The summed E-state index contributed by atoms with van der Waals surface area (Å²) in [4.78, 5) is 35.7. The molecule has 1 heterocycles. The van der Waals surface area contributed by atoms with E-state index in [0.29, 0.717) is 6.54 Å². The van der Waals surface area contributed by atoms with Gasteiger partial charge in [0.2, 0.25) is 5.91 Å². The third-order valence-corrected chi connectivity index (χ3v) is 3.18. The molecular formula is C13H23N5O3. The van der Waals surface area contributed by atoms with Crippen LogP contribution in [-0.2, 0) is 18.4 Å². The molecule has 0 atom stereocenters. The van der Waals surface area contributed by atoms with Gasteiger partial charge in [-0.05, 0) is 19.8 Å². The first-order valence-corrected chi connectivity index (χ1v) is 6.66. The predicted octanol–water partition coefficient (Wildman–Crippen LogP) is -0.539. The number of hydrogen-bond donors (Lipinski definition) is 3. The Morgan fingerprint density at radius 3 is 2.29 bits per heavy atom. The number of nitrogens with zero attached hydrogens (tertiary/aromatic N) is 2. The zero-order chi connectivity index (χ0) is 16.5. The number of nitrogens with one attached hydrogen (secondary N) is 1. The molecule has 0 aliphatic carbocycles. The summed E-state index contributed by atoms with van der Waals surface area (Å²) in [7, 11) is 1.36. The average Bonchev–Trinajstić information content (AvgIpc) is 2.37. The Balaban J connectivity index is 3.53. The van der Waals surface area contributed by atoms with Crippen LogP contribution >= 0.6 is 0 Å². The molecule has 0 aromatic carbocycles. The topological polar surface area (TPSA) is 125 Å². The molecule has 1 rings (SSSR count). The normalized spacial score (nSPS) is 11.7. The summed E-state index contributed by atoms with van der Waals surface area (Å²) < 4.78 is 2.27. The maximum atomic E-state index is 12.2. The van der Waals surface area contributed by atoms with Crippen LogP contribution in [0.15, 0.2) is 9.59 Å². The van der Waals surface area contributed by atoms with Crippen LogP contribution in [0.25, 0.3) is 0 Å². The summed E-state index contributed by atoms with van der Waals surface area (Å²) in [6.45, 7) is 7.29. The molecule has 0 aliphatic heterocycles. The quantitative estimate of drug-likeness (QED) is 0.673. The highest BCUT2D eigenvalue weighted by Gasteiger charge is 2.28. The van der Waals surface area contributed by atoms with E-state index in [1.807, 2.05) is 13.8 Å². The monoisotopic (exact) mass is 297 g/mol. The van der Waals surface area contributed by atoms with Gasteiger partial charge in [-0.2, -0.15) is 0 Å². The van der Waals surface area contributed by atoms with Crippen molar-refractivity contribution in [3.05, 3.63) is 20.8 Å². The van der Waals surface area contributed by atoms with Crippen LogP contribution in [-0.4, -0.2) is 20.6 Å². The number of carbonyl (C=O) groups excluding carboxylic acids is 1. The average molecular weight is 297 g/mol. The van der Waals surface area contributed by atoms with Gasteiger partial charge >= 0.3 is 5.69 Å². The lowest BCUT2D eigenvalue weighted by Crippen LogP contribution is -2.49. The van der Waals surface area contributed by atoms with Crippen molar-refractivity contribution >= 4 is 17.4 Å². The molecule has 0 fully saturated rings. The Hall–Kier alpha value is -2.25. The zero-order valence-electron chi connectivity index (χ0n) is 13.1. The molecule has 5 N–H and O–H groups in total. The number of rotatable bonds is 5. The Bertz CT molecular complexity index is 670. The maximum absolute atomic E-state index is 12.2. The molecule has 0 aliphatic rings. The standard InChI is InChI=1S/C13H23N5O3/c1-7(2)6-18-9(14)8(10(19)17(5)12(18)21)16-13(3,4)11(15)20/h7,16H,6,14H2,1-5H3,(H2,15,20). The molecule has 0 radical (unpaired) electrons. The van der Waals surface area contributed by atoms with Crippen molar-refractivity contribution in [2.24, 2.45) is 18.7 Å². The number of carbonyl (C=O) groups is 1. The van der Waals surface area contributed by atoms with E-state index in [1.165, 1.54) is 25.5 Å². The van der Waals surface area contributed by atoms with Crippen LogP contribution in [0.3, 0.4) is 0 Å². The number of anilines is 2. The van der Waals surface area contributed by atoms with Crippen molar-refractivity contribution in [2.75, 3.05) is 11.1 Å². The third-order valence-electron chi connectivity index (χ3n) is 3.18. The first kappa shape index (κ1) is 16.8. The highest BCUT2D eigenvalue weighted by molar-refractivity contribution is 5.87. The maximum Gasteiger partial charge on any atom is 0.332 e. The van der Waals surface area contributed by atoms with Crippen LogP contribution in [0.1, 0.15) is 27.7 Å². The first-order valence-electron chi connectivity index (χ1n) is 6.66. The Labute approximate surface area is 122 Å². The first-order chi connectivity index (χ1) is 9.49. The van der Waals surface area contributed by atoms with Gasteiger partial charge in [0.05, 0.1) is 0 Å². The molecule has 8 nitrogen and oxygen atoms in total. The molecule has 1 amide bonds. The van der Waals surface area contributed by atoms with Crippen molar-refractivity contribution in [1.82, 2.24) is 9.13 Å². The lowest BCUT2D eigenvalue weighted by Gasteiger charge is -2.25. The van der Waals surface area contributed by atoms with E-state index in [2.05, 4.69) is 5.32 Å². The molecule has 0 saturated carbocycles. The summed E-state index contributed by atoms with van der Waals surface area (Å²) in [6.07, 6.45) is 0. The summed E-state index contributed by atoms with van der Waals surface area (Å²) in [5, 5.41) is 2.74. The molecule has 1 aromatic heterocycles. The fourth-order valence-electron chi connectivity index (χ4n) is 1.82. The minimum atomic E-state index is -1.17. The summed E-state index contributed by atoms with van der Waals surface area (Å²) in [5.41, 5.74) is 8.98.